The first kappa shape index (κ1) is 22.9. The van der Waals surface area contributed by atoms with Crippen molar-refractivity contribution in [3.8, 4) is 0 Å². The van der Waals surface area contributed by atoms with E-state index in [9.17, 15) is 5.11 Å². The number of guanidine groups is 1. The quantitative estimate of drug-likeness (QED) is 0.373. The minimum Gasteiger partial charge on any atom is -0.389 e. The van der Waals surface area contributed by atoms with Crippen molar-refractivity contribution in [1.29, 1.82) is 0 Å². The average Bonchev–Trinajstić information content (AvgIpc) is 3.20. The SMILES string of the molecule is CCNC(=NCc1cc(C(CC)CC)no1)NCC(O)COCc1ccccc1. The number of nitrogens with one attached hydrogen (secondary N) is 2. The maximum Gasteiger partial charge on any atom is 0.191 e. The van der Waals surface area contributed by atoms with Gasteiger partial charge in [0.15, 0.2) is 11.7 Å². The smallest absolute Gasteiger partial charge is 0.191 e. The van der Waals surface area contributed by atoms with Crippen LogP contribution in [0, 0.1) is 0 Å². The largest absolute Gasteiger partial charge is 0.389 e. The van der Waals surface area contributed by atoms with Crippen molar-refractivity contribution >= 4 is 5.96 Å². The van der Waals surface area contributed by atoms with Gasteiger partial charge in [0.1, 0.15) is 6.54 Å². The van der Waals surface area contributed by atoms with Gasteiger partial charge in [0.05, 0.1) is 25.0 Å². The zero-order chi connectivity index (χ0) is 20.9. The third-order valence-electron chi connectivity index (χ3n) is 4.65. The monoisotopic (exact) mass is 402 g/mol. The topological polar surface area (TPSA) is 91.9 Å². The van der Waals surface area contributed by atoms with Crippen LogP contribution in [0.3, 0.4) is 0 Å². The van der Waals surface area contributed by atoms with Crippen molar-refractivity contribution in [2.24, 2.45) is 4.99 Å². The Kier molecular flexibility index (Phi) is 10.2. The molecule has 1 unspecified atom stereocenters. The van der Waals surface area contributed by atoms with Crippen LogP contribution in [-0.4, -0.2) is 42.0 Å². The molecule has 29 heavy (non-hydrogen) atoms. The number of hydrogen-bond donors (Lipinski definition) is 3. The predicted octanol–water partition coefficient (Wildman–Crippen LogP) is 3.21. The van der Waals surface area contributed by atoms with Crippen LogP contribution in [0.15, 0.2) is 45.9 Å². The van der Waals surface area contributed by atoms with Crippen LogP contribution in [0.5, 0.6) is 0 Å². The zero-order valence-electron chi connectivity index (χ0n) is 17.7. The molecule has 0 radical (unpaired) electrons. The van der Waals surface area contributed by atoms with Gasteiger partial charge in [0.25, 0.3) is 0 Å². The molecule has 0 saturated heterocycles. The second kappa shape index (κ2) is 13.0. The Hall–Kier alpha value is -2.38. The maximum absolute atomic E-state index is 10.1. The summed E-state index contributed by atoms with van der Waals surface area (Å²) in [5.74, 6) is 1.78. The molecule has 7 nitrogen and oxygen atoms in total. The van der Waals surface area contributed by atoms with Gasteiger partial charge in [-0.15, -0.1) is 0 Å². The predicted molar refractivity (Wildman–Crippen MR) is 115 cm³/mol. The highest BCUT2D eigenvalue weighted by molar-refractivity contribution is 5.79. The summed E-state index contributed by atoms with van der Waals surface area (Å²) in [6.45, 7) is 8.50. The van der Waals surface area contributed by atoms with Gasteiger partial charge in [0.2, 0.25) is 0 Å². The summed E-state index contributed by atoms with van der Waals surface area (Å²) in [5.41, 5.74) is 2.08. The Balaban J connectivity index is 1.78. The van der Waals surface area contributed by atoms with Gasteiger partial charge in [-0.05, 0) is 25.3 Å². The molecule has 0 saturated carbocycles. The molecule has 0 aliphatic rings. The van der Waals surface area contributed by atoms with E-state index in [1.54, 1.807) is 0 Å². The van der Waals surface area contributed by atoms with E-state index in [1.165, 1.54) is 0 Å². The van der Waals surface area contributed by atoms with E-state index in [-0.39, 0.29) is 6.61 Å². The minimum absolute atomic E-state index is 0.252. The number of aliphatic hydroxyl groups is 1. The summed E-state index contributed by atoms with van der Waals surface area (Å²) < 4.78 is 11.0. The molecule has 160 valence electrons. The minimum atomic E-state index is -0.630. The Morgan fingerprint density at radius 2 is 1.93 bits per heavy atom. The van der Waals surface area contributed by atoms with Crippen LogP contribution in [0.2, 0.25) is 0 Å². The molecule has 0 aliphatic heterocycles. The van der Waals surface area contributed by atoms with Crippen molar-refractivity contribution in [3.63, 3.8) is 0 Å². The van der Waals surface area contributed by atoms with Crippen LogP contribution in [0.4, 0.5) is 0 Å². The molecule has 7 heteroatoms. The molecule has 2 aromatic rings. The van der Waals surface area contributed by atoms with Crippen LogP contribution in [0.25, 0.3) is 0 Å². The molecule has 0 aliphatic carbocycles. The maximum atomic E-state index is 10.1. The van der Waals surface area contributed by atoms with Crippen LogP contribution >= 0.6 is 0 Å². The van der Waals surface area contributed by atoms with Crippen molar-refractivity contribution < 1.29 is 14.4 Å². The van der Waals surface area contributed by atoms with Crippen LogP contribution in [0.1, 0.15) is 56.5 Å². The fourth-order valence-corrected chi connectivity index (χ4v) is 2.96. The van der Waals surface area contributed by atoms with E-state index >= 15 is 0 Å². The summed E-state index contributed by atoms with van der Waals surface area (Å²) in [7, 11) is 0. The second-order valence-corrected chi connectivity index (χ2v) is 6.96. The van der Waals surface area contributed by atoms with E-state index in [0.29, 0.717) is 31.6 Å². The van der Waals surface area contributed by atoms with Gasteiger partial charge >= 0.3 is 0 Å². The molecule has 1 atom stereocenters. The molecular weight excluding hydrogens is 368 g/mol. The third kappa shape index (κ3) is 8.25. The third-order valence-corrected chi connectivity index (χ3v) is 4.65. The summed E-state index contributed by atoms with van der Waals surface area (Å²) >= 11 is 0. The summed E-state index contributed by atoms with van der Waals surface area (Å²) in [5, 5.41) is 20.6. The van der Waals surface area contributed by atoms with Crippen LogP contribution in [-0.2, 0) is 17.9 Å². The fraction of sp³-hybridized carbons (Fsp3) is 0.545. The van der Waals surface area contributed by atoms with Gasteiger partial charge in [-0.3, -0.25) is 0 Å². The lowest BCUT2D eigenvalue weighted by atomic mass is 9.99. The number of benzene rings is 1. The Labute approximate surface area is 173 Å². The zero-order valence-corrected chi connectivity index (χ0v) is 17.7. The highest BCUT2D eigenvalue weighted by atomic mass is 16.5. The molecule has 0 spiro atoms. The lowest BCUT2D eigenvalue weighted by Crippen LogP contribution is -2.42. The average molecular weight is 403 g/mol. The van der Waals surface area contributed by atoms with Crippen LogP contribution < -0.4 is 10.6 Å². The van der Waals surface area contributed by atoms with E-state index < -0.39 is 6.10 Å². The molecular formula is C22H34N4O3. The first-order chi connectivity index (χ1) is 14.2. The highest BCUT2D eigenvalue weighted by Crippen LogP contribution is 2.22. The van der Waals surface area contributed by atoms with Gasteiger partial charge in [0, 0.05) is 25.1 Å². The van der Waals surface area contributed by atoms with E-state index in [2.05, 4.69) is 34.6 Å². The number of aliphatic hydroxyl groups excluding tert-OH is 1. The second-order valence-electron chi connectivity index (χ2n) is 6.96. The highest BCUT2D eigenvalue weighted by Gasteiger charge is 2.13. The van der Waals surface area contributed by atoms with Gasteiger partial charge < -0.3 is 25.0 Å². The van der Waals surface area contributed by atoms with E-state index in [1.807, 2.05) is 43.3 Å². The molecule has 1 aromatic carbocycles. The number of hydrogen-bond acceptors (Lipinski definition) is 5. The van der Waals surface area contributed by atoms with Gasteiger partial charge in [-0.25, -0.2) is 4.99 Å². The van der Waals surface area contributed by atoms with Gasteiger partial charge in [-0.2, -0.15) is 0 Å². The van der Waals surface area contributed by atoms with E-state index in [0.717, 1.165) is 36.4 Å². The fourth-order valence-electron chi connectivity index (χ4n) is 2.96. The van der Waals surface area contributed by atoms with Crippen molar-refractivity contribution in [1.82, 2.24) is 15.8 Å². The number of aromatic nitrogens is 1. The van der Waals surface area contributed by atoms with Crippen molar-refractivity contribution in [3.05, 3.63) is 53.4 Å². The summed E-state index contributed by atoms with van der Waals surface area (Å²) in [6.07, 6.45) is 1.45. The summed E-state index contributed by atoms with van der Waals surface area (Å²) in [6, 6.07) is 11.9. The Morgan fingerprint density at radius 3 is 2.62 bits per heavy atom. The van der Waals surface area contributed by atoms with Crippen molar-refractivity contribution in [2.45, 2.75) is 58.8 Å². The number of nitrogens with zero attached hydrogens (tertiary/aromatic N) is 2. The number of rotatable bonds is 12. The van der Waals surface area contributed by atoms with Gasteiger partial charge in [-0.1, -0.05) is 49.3 Å². The lowest BCUT2D eigenvalue weighted by Gasteiger charge is -2.15. The lowest BCUT2D eigenvalue weighted by molar-refractivity contribution is 0.0308. The standard InChI is InChI=1S/C22H34N4O3/c1-4-18(5-2)21-12-20(29-26-21)14-25-22(23-6-3)24-13-19(27)16-28-15-17-10-8-7-9-11-17/h7-12,18-19,27H,4-6,13-16H2,1-3H3,(H2,23,24,25). The molecule has 1 aromatic heterocycles. The molecule has 0 amide bonds. The molecule has 3 N–H and O–H groups in total. The number of ether oxygens (including phenoxy) is 1. The Morgan fingerprint density at radius 1 is 1.17 bits per heavy atom. The van der Waals surface area contributed by atoms with E-state index in [4.69, 9.17) is 9.26 Å². The normalized spacial score (nSPS) is 12.9. The molecule has 2 rings (SSSR count). The first-order valence-electron chi connectivity index (χ1n) is 10.4. The van der Waals surface area contributed by atoms with Crippen molar-refractivity contribution in [2.75, 3.05) is 19.7 Å². The molecule has 0 bridgehead atoms. The molecule has 0 fully saturated rings. The first-order valence-corrected chi connectivity index (χ1v) is 10.4. The summed E-state index contributed by atoms with van der Waals surface area (Å²) in [4.78, 5) is 4.52. The molecule has 1 heterocycles. The number of aliphatic imine (C=N–C) groups is 1. The Bertz CT molecular complexity index is 714.